The van der Waals surface area contributed by atoms with Crippen LogP contribution in [0.4, 0.5) is 0 Å². The SMILES string of the molecule is Cc1cccc(C)c1S[SiH]([SiH3])Sc1c(C)cccc1C. The van der Waals surface area contributed by atoms with E-state index < -0.39 is 6.61 Å². The second-order valence-corrected chi connectivity index (χ2v) is 22.7. The van der Waals surface area contributed by atoms with E-state index in [-0.39, 0.29) is 0 Å². The van der Waals surface area contributed by atoms with Crippen molar-refractivity contribution in [1.29, 1.82) is 0 Å². The van der Waals surface area contributed by atoms with E-state index in [1.807, 2.05) is 0 Å². The fourth-order valence-electron chi connectivity index (χ4n) is 2.33. The van der Waals surface area contributed by atoms with Gasteiger partial charge in [0.05, 0.1) is 0 Å². The molecule has 0 saturated heterocycles. The van der Waals surface area contributed by atoms with E-state index in [2.05, 4.69) is 86.5 Å². The van der Waals surface area contributed by atoms with E-state index >= 15 is 0 Å². The molecule has 0 N–H and O–H groups in total. The van der Waals surface area contributed by atoms with Gasteiger partial charge in [0.25, 0.3) is 0 Å². The second kappa shape index (κ2) is 7.03. The first-order valence-corrected chi connectivity index (χ1v) is 16.2. The first-order chi connectivity index (χ1) is 9.49. The van der Waals surface area contributed by atoms with Crippen molar-refractivity contribution < 1.29 is 0 Å². The quantitative estimate of drug-likeness (QED) is 0.778. The number of aryl methyl sites for hydroxylation is 4. The van der Waals surface area contributed by atoms with Crippen molar-refractivity contribution in [3.63, 3.8) is 0 Å². The minimum absolute atomic E-state index is 0.795. The Bertz CT molecular complexity index is 517. The standard InChI is InChI=1S/C16H22S2Si2/c1-11-7-5-8-12(2)15(11)17-20(19)18-16-13(3)9-6-10-14(16)4/h5-10,20H,1-4,19H3. The Hall–Kier alpha value is -0.426. The lowest BCUT2D eigenvalue weighted by Crippen LogP contribution is -2.05. The molecule has 0 atom stereocenters. The summed E-state index contributed by atoms with van der Waals surface area (Å²) in [5.41, 5.74) is 5.74. The summed E-state index contributed by atoms with van der Waals surface area (Å²) in [6.07, 6.45) is 0. The van der Waals surface area contributed by atoms with Gasteiger partial charge in [-0.25, -0.2) is 0 Å². The summed E-state index contributed by atoms with van der Waals surface area (Å²) in [5, 5.41) is 0. The molecule has 0 amide bonds. The predicted octanol–water partition coefficient (Wildman–Crippen LogP) is 3.89. The lowest BCUT2D eigenvalue weighted by Gasteiger charge is -2.16. The monoisotopic (exact) mass is 334 g/mol. The van der Waals surface area contributed by atoms with E-state index in [0.29, 0.717) is 0 Å². The van der Waals surface area contributed by atoms with Gasteiger partial charge in [0.15, 0.2) is 6.61 Å². The molecule has 2 aromatic carbocycles. The topological polar surface area (TPSA) is 0 Å². The highest BCUT2D eigenvalue weighted by atomic mass is 32.6. The van der Waals surface area contributed by atoms with Gasteiger partial charge in [-0.15, -0.1) is 22.4 Å². The van der Waals surface area contributed by atoms with Crippen molar-refractivity contribution in [2.75, 3.05) is 0 Å². The highest BCUT2D eigenvalue weighted by Crippen LogP contribution is 2.36. The largest absolute Gasteiger partial charge is 0.153 e. The van der Waals surface area contributed by atoms with Crippen molar-refractivity contribution in [3.05, 3.63) is 58.7 Å². The average molecular weight is 335 g/mol. The molecule has 4 heteroatoms. The number of hydrogen-bond acceptors (Lipinski definition) is 2. The van der Waals surface area contributed by atoms with E-state index in [1.54, 1.807) is 0 Å². The predicted molar refractivity (Wildman–Crippen MR) is 101 cm³/mol. The minimum atomic E-state index is -0.795. The van der Waals surface area contributed by atoms with E-state index in [0.717, 1.165) is 0 Å². The molecule has 0 aromatic heterocycles. The fourth-order valence-corrected chi connectivity index (χ4v) is 14.8. The maximum atomic E-state index is 2.24. The third-order valence-electron chi connectivity index (χ3n) is 3.39. The molecular weight excluding hydrogens is 312 g/mol. The lowest BCUT2D eigenvalue weighted by molar-refractivity contribution is 1.22. The second-order valence-electron chi connectivity index (χ2n) is 5.25. The first-order valence-electron chi connectivity index (χ1n) is 6.95. The Morgan fingerprint density at radius 2 is 1.00 bits per heavy atom. The molecule has 20 heavy (non-hydrogen) atoms. The Labute approximate surface area is 134 Å². The third-order valence-corrected chi connectivity index (χ3v) is 15.2. The van der Waals surface area contributed by atoms with Gasteiger partial charge < -0.3 is 0 Å². The Morgan fingerprint density at radius 1 is 0.700 bits per heavy atom. The molecule has 0 fully saturated rings. The van der Waals surface area contributed by atoms with Crippen LogP contribution in [-0.2, 0) is 0 Å². The molecule has 0 aliphatic rings. The van der Waals surface area contributed by atoms with E-state index in [1.165, 1.54) is 41.8 Å². The summed E-state index contributed by atoms with van der Waals surface area (Å²) < 4.78 is 0. The molecule has 0 aliphatic heterocycles. The Kier molecular flexibility index (Phi) is 5.60. The van der Waals surface area contributed by atoms with Gasteiger partial charge in [-0.05, 0) is 49.9 Å². The van der Waals surface area contributed by atoms with Crippen LogP contribution >= 0.6 is 22.4 Å². The molecule has 0 aliphatic carbocycles. The van der Waals surface area contributed by atoms with Gasteiger partial charge in [0.1, 0.15) is 0 Å². The van der Waals surface area contributed by atoms with E-state index in [9.17, 15) is 0 Å². The van der Waals surface area contributed by atoms with Crippen LogP contribution in [0.15, 0.2) is 46.2 Å². The number of benzene rings is 2. The smallest absolute Gasteiger partial charge is 0.145 e. The van der Waals surface area contributed by atoms with Crippen molar-refractivity contribution in [2.24, 2.45) is 0 Å². The zero-order valence-corrected chi connectivity index (χ0v) is 17.6. The Balaban J connectivity index is 2.15. The summed E-state index contributed by atoms with van der Waals surface area (Å²) in [7, 11) is 1.32. The van der Waals surface area contributed by atoms with E-state index in [4.69, 9.17) is 0 Å². The molecule has 0 bridgehead atoms. The summed E-state index contributed by atoms with van der Waals surface area (Å²) in [6.45, 7) is 8.16. The molecule has 2 aromatic rings. The van der Waals surface area contributed by atoms with Crippen molar-refractivity contribution in [3.8, 4) is 0 Å². The third kappa shape index (κ3) is 3.81. The van der Waals surface area contributed by atoms with Crippen molar-refractivity contribution in [2.45, 2.75) is 37.5 Å². The van der Waals surface area contributed by atoms with Crippen LogP contribution in [-0.4, -0.2) is 16.4 Å². The molecule has 0 radical (unpaired) electrons. The molecule has 0 unspecified atom stereocenters. The van der Waals surface area contributed by atoms with Crippen LogP contribution in [0.2, 0.25) is 0 Å². The van der Waals surface area contributed by atoms with Crippen LogP contribution in [0.3, 0.4) is 0 Å². The van der Waals surface area contributed by atoms with Crippen LogP contribution in [0.5, 0.6) is 0 Å². The van der Waals surface area contributed by atoms with Crippen LogP contribution < -0.4 is 0 Å². The first kappa shape index (κ1) is 16.0. The fraction of sp³-hybridized carbons (Fsp3) is 0.250. The normalized spacial score (nSPS) is 11.2. The van der Waals surface area contributed by atoms with Crippen LogP contribution in [0.25, 0.3) is 0 Å². The summed E-state index contributed by atoms with van der Waals surface area (Å²) >= 11 is 4.35. The highest BCUT2D eigenvalue weighted by Gasteiger charge is 2.14. The zero-order valence-electron chi connectivity index (χ0n) is 12.9. The average Bonchev–Trinajstić information content (AvgIpc) is 2.39. The Morgan fingerprint density at radius 3 is 1.30 bits per heavy atom. The maximum Gasteiger partial charge on any atom is 0.153 e. The molecular formula is C16H22S2Si2. The number of hydrogen-bond donors (Lipinski definition) is 0. The van der Waals surface area contributed by atoms with Gasteiger partial charge in [-0.3, -0.25) is 0 Å². The molecule has 106 valence electrons. The van der Waals surface area contributed by atoms with Gasteiger partial charge in [0.2, 0.25) is 0 Å². The van der Waals surface area contributed by atoms with Crippen molar-refractivity contribution in [1.82, 2.24) is 0 Å². The molecule has 0 nitrogen and oxygen atoms in total. The highest BCUT2D eigenvalue weighted by molar-refractivity contribution is 8.58. The lowest BCUT2D eigenvalue weighted by atomic mass is 10.2. The van der Waals surface area contributed by atoms with Crippen molar-refractivity contribution >= 4 is 38.8 Å². The molecule has 0 heterocycles. The minimum Gasteiger partial charge on any atom is -0.145 e. The van der Waals surface area contributed by atoms with Gasteiger partial charge in [-0.1, -0.05) is 36.4 Å². The van der Waals surface area contributed by atoms with Crippen LogP contribution in [0, 0.1) is 27.7 Å². The van der Waals surface area contributed by atoms with Gasteiger partial charge >= 0.3 is 0 Å². The summed E-state index contributed by atoms with van der Waals surface area (Å²) in [6, 6.07) is 13.3. The molecule has 0 spiro atoms. The van der Waals surface area contributed by atoms with Crippen LogP contribution in [0.1, 0.15) is 22.3 Å². The molecule has 2 rings (SSSR count). The van der Waals surface area contributed by atoms with Gasteiger partial charge in [-0.2, -0.15) is 0 Å². The maximum absolute atomic E-state index is 2.24. The molecule has 0 saturated carbocycles. The summed E-state index contributed by atoms with van der Waals surface area (Å²) in [5.74, 6) is 0. The number of rotatable bonds is 4. The van der Waals surface area contributed by atoms with Gasteiger partial charge in [0, 0.05) is 19.6 Å². The zero-order chi connectivity index (χ0) is 14.7. The summed E-state index contributed by atoms with van der Waals surface area (Å²) in [4.78, 5) is 3.05.